The van der Waals surface area contributed by atoms with E-state index in [4.69, 9.17) is 0 Å². The highest BCUT2D eigenvalue weighted by atomic mass is 16.2. The maximum absolute atomic E-state index is 11.9. The average molecular weight is 269 g/mol. The van der Waals surface area contributed by atoms with Gasteiger partial charge in [0.25, 0.3) is 5.91 Å². The van der Waals surface area contributed by atoms with E-state index in [9.17, 15) is 9.59 Å². The minimum atomic E-state index is -0.629. The molecule has 0 aliphatic rings. The number of hydrogen-bond donors (Lipinski definition) is 2. The molecule has 0 aliphatic heterocycles. The molecule has 1 heterocycles. The Kier molecular flexibility index (Phi) is 4.44. The molecule has 2 rings (SSSR count). The Bertz CT molecular complexity index is 585. The quantitative estimate of drug-likeness (QED) is 0.889. The van der Waals surface area contributed by atoms with Gasteiger partial charge in [-0.15, -0.1) is 0 Å². The first-order valence-electron chi connectivity index (χ1n) is 6.23. The van der Waals surface area contributed by atoms with Gasteiger partial charge >= 0.3 is 0 Å². The van der Waals surface area contributed by atoms with Gasteiger partial charge in [-0.25, -0.2) is 0 Å². The molecule has 5 nitrogen and oxygen atoms in total. The highest BCUT2D eigenvalue weighted by Gasteiger charge is 2.16. The smallest absolute Gasteiger partial charge is 0.252 e. The number of aromatic nitrogens is 1. The van der Waals surface area contributed by atoms with Crippen LogP contribution in [0, 0.1) is 0 Å². The zero-order valence-electron chi connectivity index (χ0n) is 11.0. The topological polar surface area (TPSA) is 71.1 Å². The molecule has 2 aromatic rings. The van der Waals surface area contributed by atoms with E-state index in [1.807, 2.05) is 18.2 Å². The third-order valence-corrected chi connectivity index (χ3v) is 2.72. The maximum Gasteiger partial charge on any atom is 0.252 e. The number of pyridine rings is 1. The van der Waals surface area contributed by atoms with Crippen LogP contribution in [0.2, 0.25) is 0 Å². The van der Waals surface area contributed by atoms with Gasteiger partial charge in [0.05, 0.1) is 0 Å². The third-order valence-electron chi connectivity index (χ3n) is 2.72. The van der Waals surface area contributed by atoms with Gasteiger partial charge in [-0.05, 0) is 31.2 Å². The zero-order chi connectivity index (χ0) is 14.4. The Morgan fingerprint density at radius 3 is 2.35 bits per heavy atom. The van der Waals surface area contributed by atoms with Crippen molar-refractivity contribution in [1.82, 2.24) is 10.3 Å². The first-order valence-corrected chi connectivity index (χ1v) is 6.23. The van der Waals surface area contributed by atoms with Crippen molar-refractivity contribution in [2.45, 2.75) is 13.0 Å². The van der Waals surface area contributed by atoms with Crippen molar-refractivity contribution in [1.29, 1.82) is 0 Å². The lowest BCUT2D eigenvalue weighted by molar-refractivity contribution is -0.117. The molecule has 0 radical (unpaired) electrons. The van der Waals surface area contributed by atoms with Crippen LogP contribution in [0.4, 0.5) is 5.69 Å². The molecule has 1 aromatic carbocycles. The lowest BCUT2D eigenvalue weighted by Crippen LogP contribution is -2.41. The van der Waals surface area contributed by atoms with Gasteiger partial charge in [0.1, 0.15) is 6.04 Å². The Labute approximate surface area is 117 Å². The molecule has 1 atom stereocenters. The van der Waals surface area contributed by atoms with Crippen molar-refractivity contribution in [2.24, 2.45) is 0 Å². The number of carbonyl (C=O) groups is 2. The molecule has 1 aromatic heterocycles. The van der Waals surface area contributed by atoms with E-state index in [1.54, 1.807) is 31.2 Å². The van der Waals surface area contributed by atoms with Gasteiger partial charge in [0.15, 0.2) is 0 Å². The predicted octanol–water partition coefficient (Wildman–Crippen LogP) is 1.84. The summed E-state index contributed by atoms with van der Waals surface area (Å²) in [5, 5.41) is 5.37. The molecule has 0 saturated carbocycles. The minimum Gasteiger partial charge on any atom is -0.341 e. The molecule has 0 unspecified atom stereocenters. The van der Waals surface area contributed by atoms with Crippen LogP contribution in [0.5, 0.6) is 0 Å². The van der Waals surface area contributed by atoms with Crippen molar-refractivity contribution in [3.05, 3.63) is 60.4 Å². The lowest BCUT2D eigenvalue weighted by Gasteiger charge is -2.14. The third kappa shape index (κ3) is 3.65. The van der Waals surface area contributed by atoms with E-state index in [-0.39, 0.29) is 11.8 Å². The van der Waals surface area contributed by atoms with Gasteiger partial charge in [0.2, 0.25) is 5.91 Å². The second-order valence-electron chi connectivity index (χ2n) is 4.29. The minimum absolute atomic E-state index is 0.265. The molecule has 0 saturated heterocycles. The summed E-state index contributed by atoms with van der Waals surface area (Å²) in [7, 11) is 0. The molecule has 0 fully saturated rings. The first-order chi connectivity index (χ1) is 9.66. The number of rotatable bonds is 4. The summed E-state index contributed by atoms with van der Waals surface area (Å²) < 4.78 is 0. The van der Waals surface area contributed by atoms with Crippen LogP contribution in [0.25, 0.3) is 0 Å². The van der Waals surface area contributed by atoms with E-state index in [1.165, 1.54) is 12.4 Å². The summed E-state index contributed by atoms with van der Waals surface area (Å²) in [4.78, 5) is 27.7. The van der Waals surface area contributed by atoms with Crippen LogP contribution in [0.15, 0.2) is 54.9 Å². The molecule has 0 bridgehead atoms. The molecule has 2 amide bonds. The highest BCUT2D eigenvalue weighted by Crippen LogP contribution is 2.05. The van der Waals surface area contributed by atoms with Gasteiger partial charge in [-0.2, -0.15) is 0 Å². The van der Waals surface area contributed by atoms with Crippen LogP contribution in [-0.2, 0) is 4.79 Å². The fraction of sp³-hybridized carbons (Fsp3) is 0.133. The monoisotopic (exact) mass is 269 g/mol. The Hall–Kier alpha value is -2.69. The van der Waals surface area contributed by atoms with Gasteiger partial charge in [-0.3, -0.25) is 14.6 Å². The molecule has 0 spiro atoms. The van der Waals surface area contributed by atoms with Crippen molar-refractivity contribution < 1.29 is 9.59 Å². The van der Waals surface area contributed by atoms with Crippen molar-refractivity contribution in [2.75, 3.05) is 5.32 Å². The summed E-state index contributed by atoms with van der Waals surface area (Å²) in [6.07, 6.45) is 3.06. The molecule has 2 N–H and O–H groups in total. The second kappa shape index (κ2) is 6.47. The number of carbonyl (C=O) groups excluding carboxylic acids is 2. The van der Waals surface area contributed by atoms with E-state index in [0.717, 1.165) is 0 Å². The molecule has 0 aliphatic carbocycles. The molecular weight excluding hydrogens is 254 g/mol. The zero-order valence-corrected chi connectivity index (χ0v) is 11.0. The molecule has 5 heteroatoms. The summed E-state index contributed by atoms with van der Waals surface area (Å²) in [6.45, 7) is 1.64. The Balaban J connectivity index is 1.93. The fourth-order valence-corrected chi connectivity index (χ4v) is 1.62. The van der Waals surface area contributed by atoms with Gasteiger partial charge in [-0.1, -0.05) is 18.2 Å². The van der Waals surface area contributed by atoms with E-state index in [0.29, 0.717) is 11.3 Å². The largest absolute Gasteiger partial charge is 0.341 e. The number of amides is 2. The SMILES string of the molecule is C[C@@H](NC(=O)c1ccncc1)C(=O)Nc1ccccc1. The van der Waals surface area contributed by atoms with Gasteiger partial charge in [0, 0.05) is 23.6 Å². The number of anilines is 1. The van der Waals surface area contributed by atoms with Crippen LogP contribution in [0.3, 0.4) is 0 Å². The van der Waals surface area contributed by atoms with Gasteiger partial charge < -0.3 is 10.6 Å². The highest BCUT2D eigenvalue weighted by molar-refractivity contribution is 6.00. The van der Waals surface area contributed by atoms with E-state index >= 15 is 0 Å². The number of para-hydroxylation sites is 1. The summed E-state index contributed by atoms with van der Waals surface area (Å²) in [5.41, 5.74) is 1.17. The molecule has 20 heavy (non-hydrogen) atoms. The van der Waals surface area contributed by atoms with Crippen LogP contribution in [0.1, 0.15) is 17.3 Å². The Morgan fingerprint density at radius 1 is 1.05 bits per heavy atom. The van der Waals surface area contributed by atoms with Crippen LogP contribution >= 0.6 is 0 Å². The van der Waals surface area contributed by atoms with Crippen molar-refractivity contribution in [3.8, 4) is 0 Å². The standard InChI is InChI=1S/C15H15N3O2/c1-11(14(19)18-13-5-3-2-4-6-13)17-15(20)12-7-9-16-10-8-12/h2-11H,1H3,(H,17,20)(H,18,19)/t11-/m1/s1. The summed E-state index contributed by atoms with van der Waals surface area (Å²) in [6, 6.07) is 11.7. The van der Waals surface area contributed by atoms with Crippen molar-refractivity contribution in [3.63, 3.8) is 0 Å². The first kappa shape index (κ1) is 13.7. The molecule has 102 valence electrons. The van der Waals surface area contributed by atoms with E-state index < -0.39 is 6.04 Å². The average Bonchev–Trinajstić information content (AvgIpc) is 2.49. The fourth-order valence-electron chi connectivity index (χ4n) is 1.62. The van der Waals surface area contributed by atoms with Crippen LogP contribution < -0.4 is 10.6 Å². The van der Waals surface area contributed by atoms with E-state index in [2.05, 4.69) is 15.6 Å². The number of nitrogens with zero attached hydrogens (tertiary/aromatic N) is 1. The summed E-state index contributed by atoms with van der Waals surface area (Å²) in [5.74, 6) is -0.568. The van der Waals surface area contributed by atoms with Crippen molar-refractivity contribution >= 4 is 17.5 Å². The second-order valence-corrected chi connectivity index (χ2v) is 4.29. The lowest BCUT2D eigenvalue weighted by atomic mass is 10.2. The normalized spacial score (nSPS) is 11.4. The number of hydrogen-bond acceptors (Lipinski definition) is 3. The van der Waals surface area contributed by atoms with Crippen LogP contribution in [-0.4, -0.2) is 22.8 Å². The predicted molar refractivity (Wildman–Crippen MR) is 76.2 cm³/mol. The maximum atomic E-state index is 11.9. The molecular formula is C15H15N3O2. The number of benzene rings is 1. The number of nitrogens with one attached hydrogen (secondary N) is 2. The summed E-state index contributed by atoms with van der Waals surface area (Å²) >= 11 is 0. The Morgan fingerprint density at radius 2 is 1.70 bits per heavy atom.